The fourth-order valence-corrected chi connectivity index (χ4v) is 1.85. The summed E-state index contributed by atoms with van der Waals surface area (Å²) in [5.74, 6) is -0.323. The third-order valence-corrected chi connectivity index (χ3v) is 2.67. The number of hydrogen-bond acceptors (Lipinski definition) is 3. The van der Waals surface area contributed by atoms with Gasteiger partial charge in [-0.1, -0.05) is 36.4 Å². The van der Waals surface area contributed by atoms with Crippen LogP contribution in [-0.2, 0) is 4.74 Å². The van der Waals surface area contributed by atoms with Crippen molar-refractivity contribution < 1.29 is 9.53 Å². The zero-order valence-electron chi connectivity index (χ0n) is 10.2. The van der Waals surface area contributed by atoms with E-state index in [2.05, 4.69) is 0 Å². The minimum Gasteiger partial charge on any atom is -0.462 e. The number of carbonyl (C=O) groups excluding carboxylic acids is 1. The number of para-hydroxylation sites is 1. The number of anilines is 1. The van der Waals surface area contributed by atoms with E-state index in [9.17, 15) is 4.79 Å². The molecule has 0 aromatic heterocycles. The van der Waals surface area contributed by atoms with E-state index >= 15 is 0 Å². The van der Waals surface area contributed by atoms with Gasteiger partial charge >= 0.3 is 5.97 Å². The minimum absolute atomic E-state index is 0.323. The number of benzene rings is 2. The molecule has 0 aliphatic carbocycles. The zero-order chi connectivity index (χ0) is 13.0. The highest BCUT2D eigenvalue weighted by molar-refractivity contribution is 5.98. The molecule has 0 fully saturated rings. The Bertz CT molecular complexity index is 564. The van der Waals surface area contributed by atoms with Crippen LogP contribution in [0.25, 0.3) is 11.1 Å². The fraction of sp³-hybridized carbons (Fsp3) is 0.133. The van der Waals surface area contributed by atoms with Gasteiger partial charge in [0.1, 0.15) is 0 Å². The predicted octanol–water partition coefficient (Wildman–Crippen LogP) is 3.11. The Morgan fingerprint density at radius 3 is 2.33 bits per heavy atom. The van der Waals surface area contributed by atoms with Gasteiger partial charge in [-0.25, -0.2) is 4.79 Å². The third kappa shape index (κ3) is 2.35. The van der Waals surface area contributed by atoms with Crippen LogP contribution in [0, 0.1) is 0 Å². The topological polar surface area (TPSA) is 52.3 Å². The van der Waals surface area contributed by atoms with E-state index in [0.717, 1.165) is 11.1 Å². The van der Waals surface area contributed by atoms with E-state index < -0.39 is 0 Å². The number of hydrogen-bond donors (Lipinski definition) is 1. The Morgan fingerprint density at radius 1 is 1.06 bits per heavy atom. The highest BCUT2D eigenvalue weighted by atomic mass is 16.5. The van der Waals surface area contributed by atoms with E-state index in [-0.39, 0.29) is 5.97 Å². The van der Waals surface area contributed by atoms with Crippen molar-refractivity contribution in [2.24, 2.45) is 0 Å². The number of rotatable bonds is 3. The smallest absolute Gasteiger partial charge is 0.338 e. The largest absolute Gasteiger partial charge is 0.462 e. The van der Waals surface area contributed by atoms with Gasteiger partial charge in [-0.05, 0) is 24.6 Å². The molecule has 2 aromatic carbocycles. The molecular formula is C15H15NO2. The van der Waals surface area contributed by atoms with Gasteiger partial charge in [0, 0.05) is 11.3 Å². The molecule has 2 aromatic rings. The molecule has 0 aliphatic heterocycles. The SMILES string of the molecule is CCOC(=O)c1ccccc1-c1ccccc1N. The zero-order valence-corrected chi connectivity index (χ0v) is 10.2. The van der Waals surface area contributed by atoms with Gasteiger partial charge in [0.2, 0.25) is 0 Å². The van der Waals surface area contributed by atoms with Crippen molar-refractivity contribution in [2.45, 2.75) is 6.92 Å². The van der Waals surface area contributed by atoms with Crippen LogP contribution < -0.4 is 5.73 Å². The van der Waals surface area contributed by atoms with Crippen LogP contribution in [0.2, 0.25) is 0 Å². The van der Waals surface area contributed by atoms with Crippen LogP contribution in [-0.4, -0.2) is 12.6 Å². The standard InChI is InChI=1S/C15H15NO2/c1-2-18-15(17)13-9-4-3-7-11(13)12-8-5-6-10-14(12)16/h3-10H,2,16H2,1H3. The highest BCUT2D eigenvalue weighted by Crippen LogP contribution is 2.28. The van der Waals surface area contributed by atoms with Crippen LogP contribution >= 0.6 is 0 Å². The Morgan fingerprint density at radius 2 is 1.67 bits per heavy atom. The molecule has 0 atom stereocenters. The Kier molecular flexibility index (Phi) is 3.63. The van der Waals surface area contributed by atoms with Gasteiger partial charge in [0.05, 0.1) is 12.2 Å². The fourth-order valence-electron chi connectivity index (χ4n) is 1.85. The first-order valence-corrected chi connectivity index (χ1v) is 5.85. The maximum Gasteiger partial charge on any atom is 0.338 e. The van der Waals surface area contributed by atoms with Crippen LogP contribution in [0.5, 0.6) is 0 Å². The average Bonchev–Trinajstić information content (AvgIpc) is 2.40. The lowest BCUT2D eigenvalue weighted by molar-refractivity contribution is 0.0527. The molecule has 0 unspecified atom stereocenters. The summed E-state index contributed by atoms with van der Waals surface area (Å²) in [6.45, 7) is 2.15. The molecule has 2 rings (SSSR count). The second-order valence-corrected chi connectivity index (χ2v) is 3.85. The number of ether oxygens (including phenoxy) is 1. The number of nitrogens with two attached hydrogens (primary N) is 1. The molecular weight excluding hydrogens is 226 g/mol. The lowest BCUT2D eigenvalue weighted by atomic mass is 9.98. The van der Waals surface area contributed by atoms with E-state index in [0.29, 0.717) is 17.9 Å². The van der Waals surface area contributed by atoms with Crippen molar-refractivity contribution >= 4 is 11.7 Å². The molecule has 3 heteroatoms. The summed E-state index contributed by atoms with van der Waals surface area (Å²) in [5.41, 5.74) is 8.78. The maximum absolute atomic E-state index is 11.9. The number of nitrogen functional groups attached to an aromatic ring is 1. The molecule has 0 spiro atoms. The minimum atomic E-state index is -0.323. The van der Waals surface area contributed by atoms with Gasteiger partial charge in [-0.3, -0.25) is 0 Å². The van der Waals surface area contributed by atoms with E-state index in [1.54, 1.807) is 13.0 Å². The van der Waals surface area contributed by atoms with Crippen molar-refractivity contribution in [3.8, 4) is 11.1 Å². The van der Waals surface area contributed by atoms with Crippen molar-refractivity contribution in [1.82, 2.24) is 0 Å². The van der Waals surface area contributed by atoms with Gasteiger partial charge in [0.15, 0.2) is 0 Å². The van der Waals surface area contributed by atoms with Gasteiger partial charge in [-0.2, -0.15) is 0 Å². The number of esters is 1. The molecule has 0 heterocycles. The van der Waals surface area contributed by atoms with E-state index in [4.69, 9.17) is 10.5 Å². The molecule has 2 N–H and O–H groups in total. The summed E-state index contributed by atoms with van der Waals surface area (Å²) >= 11 is 0. The summed E-state index contributed by atoms with van der Waals surface area (Å²) in [6, 6.07) is 14.8. The summed E-state index contributed by atoms with van der Waals surface area (Å²) in [6.07, 6.45) is 0. The lowest BCUT2D eigenvalue weighted by Crippen LogP contribution is -2.06. The van der Waals surface area contributed by atoms with E-state index in [1.165, 1.54) is 0 Å². The normalized spacial score (nSPS) is 10.1. The molecule has 18 heavy (non-hydrogen) atoms. The predicted molar refractivity (Wildman–Crippen MR) is 72.2 cm³/mol. The summed E-state index contributed by atoms with van der Waals surface area (Å²) < 4.78 is 5.05. The molecule has 0 radical (unpaired) electrons. The first-order valence-electron chi connectivity index (χ1n) is 5.85. The molecule has 0 saturated carbocycles. The van der Waals surface area contributed by atoms with Crippen LogP contribution in [0.4, 0.5) is 5.69 Å². The van der Waals surface area contributed by atoms with Crippen LogP contribution in [0.1, 0.15) is 17.3 Å². The van der Waals surface area contributed by atoms with E-state index in [1.807, 2.05) is 42.5 Å². The quantitative estimate of drug-likeness (QED) is 0.663. The third-order valence-electron chi connectivity index (χ3n) is 2.67. The molecule has 0 amide bonds. The van der Waals surface area contributed by atoms with Crippen LogP contribution in [0.3, 0.4) is 0 Å². The van der Waals surface area contributed by atoms with Crippen LogP contribution in [0.15, 0.2) is 48.5 Å². The summed E-state index contributed by atoms with van der Waals surface area (Å²) in [4.78, 5) is 11.9. The van der Waals surface area contributed by atoms with Gasteiger partial charge < -0.3 is 10.5 Å². The number of carbonyl (C=O) groups is 1. The highest BCUT2D eigenvalue weighted by Gasteiger charge is 2.14. The lowest BCUT2D eigenvalue weighted by Gasteiger charge is -2.10. The molecule has 3 nitrogen and oxygen atoms in total. The molecule has 0 bridgehead atoms. The summed E-state index contributed by atoms with van der Waals surface area (Å²) in [7, 11) is 0. The van der Waals surface area contributed by atoms with Crippen molar-refractivity contribution in [3.63, 3.8) is 0 Å². The van der Waals surface area contributed by atoms with Crippen molar-refractivity contribution in [1.29, 1.82) is 0 Å². The van der Waals surface area contributed by atoms with Gasteiger partial charge in [-0.15, -0.1) is 0 Å². The second-order valence-electron chi connectivity index (χ2n) is 3.85. The Balaban J connectivity index is 2.52. The van der Waals surface area contributed by atoms with Gasteiger partial charge in [0.25, 0.3) is 0 Å². The monoisotopic (exact) mass is 241 g/mol. The Labute approximate surface area is 106 Å². The second kappa shape index (κ2) is 5.36. The summed E-state index contributed by atoms with van der Waals surface area (Å²) in [5, 5.41) is 0. The maximum atomic E-state index is 11.9. The average molecular weight is 241 g/mol. The Hall–Kier alpha value is -2.29. The molecule has 92 valence electrons. The molecule has 0 saturated heterocycles. The first-order chi connectivity index (χ1) is 8.74. The van der Waals surface area contributed by atoms with Crippen molar-refractivity contribution in [3.05, 3.63) is 54.1 Å². The molecule has 0 aliphatic rings. The van der Waals surface area contributed by atoms with Crippen molar-refractivity contribution in [2.75, 3.05) is 12.3 Å². The first kappa shape index (κ1) is 12.2.